The largest absolute Gasteiger partial charge is 0.497 e. The molecule has 3 heteroatoms. The van der Waals surface area contributed by atoms with E-state index in [9.17, 15) is 9.18 Å². The van der Waals surface area contributed by atoms with Crippen LogP contribution in [0.2, 0.25) is 0 Å². The number of methoxy groups -OCH3 is 1. The predicted molar refractivity (Wildman–Crippen MR) is 68.5 cm³/mol. The van der Waals surface area contributed by atoms with E-state index >= 15 is 0 Å². The highest BCUT2D eigenvalue weighted by Gasteiger charge is 2.09. The smallest absolute Gasteiger partial charge is 0.150 e. The van der Waals surface area contributed by atoms with Gasteiger partial charge in [0.2, 0.25) is 0 Å². The normalized spacial score (nSPS) is 10.2. The zero-order chi connectivity index (χ0) is 13.1. The third-order valence-electron chi connectivity index (χ3n) is 2.85. The SMILES string of the molecule is COc1ccc(-c2ccc(C=O)cc2C)c(F)c1. The Morgan fingerprint density at radius 1 is 1.11 bits per heavy atom. The zero-order valence-corrected chi connectivity index (χ0v) is 10.2. The van der Waals surface area contributed by atoms with Crippen LogP contribution >= 0.6 is 0 Å². The van der Waals surface area contributed by atoms with Gasteiger partial charge in [0.1, 0.15) is 17.9 Å². The van der Waals surface area contributed by atoms with Crippen LogP contribution < -0.4 is 4.74 Å². The molecule has 0 aromatic heterocycles. The molecule has 0 radical (unpaired) electrons. The van der Waals surface area contributed by atoms with Gasteiger partial charge in [0, 0.05) is 17.2 Å². The van der Waals surface area contributed by atoms with Crippen molar-refractivity contribution >= 4 is 6.29 Å². The fourth-order valence-electron chi connectivity index (χ4n) is 1.90. The first kappa shape index (κ1) is 12.3. The van der Waals surface area contributed by atoms with Gasteiger partial charge < -0.3 is 4.74 Å². The molecular weight excluding hydrogens is 231 g/mol. The van der Waals surface area contributed by atoms with Gasteiger partial charge >= 0.3 is 0 Å². The molecule has 2 aromatic rings. The highest BCUT2D eigenvalue weighted by atomic mass is 19.1. The summed E-state index contributed by atoms with van der Waals surface area (Å²) in [6, 6.07) is 9.92. The Morgan fingerprint density at radius 3 is 2.39 bits per heavy atom. The second-order valence-corrected chi connectivity index (χ2v) is 4.04. The highest BCUT2D eigenvalue weighted by molar-refractivity contribution is 5.78. The molecule has 0 aliphatic carbocycles. The molecule has 18 heavy (non-hydrogen) atoms. The minimum atomic E-state index is -0.337. The third-order valence-corrected chi connectivity index (χ3v) is 2.85. The maximum Gasteiger partial charge on any atom is 0.150 e. The van der Waals surface area contributed by atoms with Gasteiger partial charge in [0.05, 0.1) is 7.11 Å². The summed E-state index contributed by atoms with van der Waals surface area (Å²) in [5.41, 5.74) is 2.74. The van der Waals surface area contributed by atoms with Gasteiger partial charge in [-0.2, -0.15) is 0 Å². The maximum absolute atomic E-state index is 13.9. The molecule has 0 aliphatic rings. The van der Waals surface area contributed by atoms with Crippen molar-refractivity contribution in [1.82, 2.24) is 0 Å². The van der Waals surface area contributed by atoms with Crippen LogP contribution in [0.4, 0.5) is 4.39 Å². The van der Waals surface area contributed by atoms with Gasteiger partial charge in [0.15, 0.2) is 0 Å². The summed E-state index contributed by atoms with van der Waals surface area (Å²) in [6.07, 6.45) is 0.779. The average Bonchev–Trinajstić information content (AvgIpc) is 2.39. The van der Waals surface area contributed by atoms with E-state index in [1.807, 2.05) is 6.92 Å². The monoisotopic (exact) mass is 244 g/mol. The van der Waals surface area contributed by atoms with Gasteiger partial charge in [0.25, 0.3) is 0 Å². The average molecular weight is 244 g/mol. The summed E-state index contributed by atoms with van der Waals surface area (Å²) in [6.45, 7) is 1.85. The molecular formula is C15H13FO2. The molecule has 0 saturated carbocycles. The van der Waals surface area contributed by atoms with E-state index in [-0.39, 0.29) is 5.82 Å². The molecule has 0 aliphatic heterocycles. The summed E-state index contributed by atoms with van der Waals surface area (Å²) < 4.78 is 18.9. The number of hydrogen-bond donors (Lipinski definition) is 0. The van der Waals surface area contributed by atoms with E-state index < -0.39 is 0 Å². The van der Waals surface area contributed by atoms with Gasteiger partial charge in [-0.1, -0.05) is 12.1 Å². The van der Waals surface area contributed by atoms with Gasteiger partial charge in [-0.05, 0) is 36.2 Å². The molecule has 0 bridgehead atoms. The van der Waals surface area contributed by atoms with Crippen LogP contribution in [0, 0.1) is 12.7 Å². The molecule has 0 saturated heterocycles. The van der Waals surface area contributed by atoms with Crippen molar-refractivity contribution in [1.29, 1.82) is 0 Å². The van der Waals surface area contributed by atoms with E-state index in [2.05, 4.69) is 0 Å². The minimum absolute atomic E-state index is 0.337. The molecule has 0 heterocycles. The topological polar surface area (TPSA) is 26.3 Å². The zero-order valence-electron chi connectivity index (χ0n) is 10.2. The molecule has 2 rings (SSSR count). The van der Waals surface area contributed by atoms with Crippen molar-refractivity contribution in [2.45, 2.75) is 6.92 Å². The van der Waals surface area contributed by atoms with Crippen LogP contribution in [0.15, 0.2) is 36.4 Å². The Balaban J connectivity index is 2.51. The van der Waals surface area contributed by atoms with Crippen LogP contribution in [0.1, 0.15) is 15.9 Å². The Hall–Kier alpha value is -2.16. The molecule has 2 nitrogen and oxygen atoms in total. The van der Waals surface area contributed by atoms with Crippen LogP contribution in [0.5, 0.6) is 5.75 Å². The van der Waals surface area contributed by atoms with E-state index in [1.54, 1.807) is 30.3 Å². The molecule has 0 unspecified atom stereocenters. The molecule has 0 amide bonds. The number of ether oxygens (including phenoxy) is 1. The summed E-state index contributed by atoms with van der Waals surface area (Å²) >= 11 is 0. The number of carbonyl (C=O) groups is 1. The third kappa shape index (κ3) is 2.25. The van der Waals surface area contributed by atoms with Crippen LogP contribution in [-0.4, -0.2) is 13.4 Å². The molecule has 0 atom stereocenters. The lowest BCUT2D eigenvalue weighted by Crippen LogP contribution is -1.91. The maximum atomic E-state index is 13.9. The second kappa shape index (κ2) is 5.00. The molecule has 0 spiro atoms. The Labute approximate surface area is 105 Å². The molecule has 2 aromatic carbocycles. The quantitative estimate of drug-likeness (QED) is 0.771. The number of hydrogen-bond acceptors (Lipinski definition) is 2. The number of rotatable bonds is 3. The first-order chi connectivity index (χ1) is 8.65. The minimum Gasteiger partial charge on any atom is -0.497 e. The molecule has 92 valence electrons. The second-order valence-electron chi connectivity index (χ2n) is 4.04. The van der Waals surface area contributed by atoms with Crippen molar-refractivity contribution in [3.05, 3.63) is 53.3 Å². The Morgan fingerprint density at radius 2 is 1.83 bits per heavy atom. The van der Waals surface area contributed by atoms with Gasteiger partial charge in [-0.3, -0.25) is 4.79 Å². The number of carbonyl (C=O) groups excluding carboxylic acids is 1. The van der Waals surface area contributed by atoms with E-state index in [0.29, 0.717) is 16.9 Å². The first-order valence-corrected chi connectivity index (χ1v) is 5.55. The van der Waals surface area contributed by atoms with Gasteiger partial charge in [-0.15, -0.1) is 0 Å². The summed E-state index contributed by atoms with van der Waals surface area (Å²) in [5, 5.41) is 0. The van der Waals surface area contributed by atoms with E-state index in [4.69, 9.17) is 4.74 Å². The fourth-order valence-corrected chi connectivity index (χ4v) is 1.90. The summed E-state index contributed by atoms with van der Waals surface area (Å²) in [5.74, 6) is 0.148. The number of halogens is 1. The highest BCUT2D eigenvalue weighted by Crippen LogP contribution is 2.29. The van der Waals surface area contributed by atoms with Crippen LogP contribution in [0.3, 0.4) is 0 Å². The van der Waals surface area contributed by atoms with E-state index in [0.717, 1.165) is 17.4 Å². The van der Waals surface area contributed by atoms with Crippen molar-refractivity contribution in [2.24, 2.45) is 0 Å². The van der Waals surface area contributed by atoms with Crippen molar-refractivity contribution in [3.8, 4) is 16.9 Å². The first-order valence-electron chi connectivity index (χ1n) is 5.55. The van der Waals surface area contributed by atoms with Crippen molar-refractivity contribution in [2.75, 3.05) is 7.11 Å². The Bertz CT molecular complexity index is 591. The van der Waals surface area contributed by atoms with Gasteiger partial charge in [-0.25, -0.2) is 4.39 Å². The number of aryl methyl sites for hydroxylation is 1. The standard InChI is InChI=1S/C15H13FO2/c1-10-7-11(9-17)3-5-13(10)14-6-4-12(18-2)8-15(14)16/h3-9H,1-2H3. The Kier molecular flexibility index (Phi) is 3.42. The fraction of sp³-hybridized carbons (Fsp3) is 0.133. The lowest BCUT2D eigenvalue weighted by Gasteiger charge is -2.09. The lowest BCUT2D eigenvalue weighted by atomic mass is 9.98. The van der Waals surface area contributed by atoms with Crippen LogP contribution in [-0.2, 0) is 0 Å². The summed E-state index contributed by atoms with van der Waals surface area (Å²) in [7, 11) is 1.50. The lowest BCUT2D eigenvalue weighted by molar-refractivity contribution is 0.112. The molecule has 0 N–H and O–H groups in total. The van der Waals surface area contributed by atoms with Crippen molar-refractivity contribution in [3.63, 3.8) is 0 Å². The van der Waals surface area contributed by atoms with Crippen molar-refractivity contribution < 1.29 is 13.9 Å². The molecule has 0 fully saturated rings. The summed E-state index contributed by atoms with van der Waals surface area (Å²) in [4.78, 5) is 10.7. The predicted octanol–water partition coefficient (Wildman–Crippen LogP) is 3.62. The van der Waals surface area contributed by atoms with Crippen LogP contribution in [0.25, 0.3) is 11.1 Å². The number of benzene rings is 2. The number of aldehydes is 1. The van der Waals surface area contributed by atoms with E-state index in [1.165, 1.54) is 13.2 Å².